The van der Waals surface area contributed by atoms with Crippen molar-refractivity contribution < 1.29 is 0 Å². The second kappa shape index (κ2) is 7.59. The number of hydrogen-bond donors (Lipinski definition) is 1. The molecule has 2 rings (SSSR count). The van der Waals surface area contributed by atoms with Crippen molar-refractivity contribution >= 4 is 11.4 Å². The van der Waals surface area contributed by atoms with Gasteiger partial charge in [-0.3, -0.25) is 0 Å². The molecule has 1 aliphatic rings. The Hall–Kier alpha value is -1.18. The fraction of sp³-hybridized carbons (Fsp3) is 0.714. The predicted octanol–water partition coefficient (Wildman–Crippen LogP) is 6.03. The van der Waals surface area contributed by atoms with Gasteiger partial charge in [-0.25, -0.2) is 0 Å². The molecule has 0 amide bonds. The first kappa shape index (κ1) is 18.2. The van der Waals surface area contributed by atoms with Gasteiger partial charge in [0.15, 0.2) is 0 Å². The summed E-state index contributed by atoms with van der Waals surface area (Å²) in [5.41, 5.74) is 11.4. The van der Waals surface area contributed by atoms with Crippen LogP contribution in [0.15, 0.2) is 12.1 Å². The van der Waals surface area contributed by atoms with Crippen LogP contribution in [-0.2, 0) is 0 Å². The molecule has 0 bridgehead atoms. The quantitative estimate of drug-likeness (QED) is 0.491. The topological polar surface area (TPSA) is 29.3 Å². The zero-order valence-corrected chi connectivity index (χ0v) is 15.9. The van der Waals surface area contributed by atoms with Gasteiger partial charge in [0, 0.05) is 23.5 Å². The molecule has 1 heterocycles. The Bertz CT molecular complexity index is 519. The summed E-state index contributed by atoms with van der Waals surface area (Å²) in [5, 5.41) is 0. The number of nitrogen functional groups attached to an aromatic ring is 1. The van der Waals surface area contributed by atoms with Crippen molar-refractivity contribution in [1.82, 2.24) is 0 Å². The highest BCUT2D eigenvalue weighted by atomic mass is 15.2. The van der Waals surface area contributed by atoms with Crippen LogP contribution in [0.4, 0.5) is 11.4 Å². The molecule has 2 heteroatoms. The molecule has 1 atom stereocenters. The van der Waals surface area contributed by atoms with E-state index in [1.807, 2.05) is 0 Å². The van der Waals surface area contributed by atoms with Crippen molar-refractivity contribution in [3.63, 3.8) is 0 Å². The number of unbranched alkanes of at least 4 members (excludes halogenated alkanes) is 5. The lowest BCUT2D eigenvalue weighted by Gasteiger charge is -2.48. The highest BCUT2D eigenvalue weighted by Crippen LogP contribution is 2.44. The SMILES string of the molecule is CCCCCCCCN1c2cc(C)c(N)cc2C(C)CC1(C)C. The van der Waals surface area contributed by atoms with E-state index in [9.17, 15) is 0 Å². The van der Waals surface area contributed by atoms with Gasteiger partial charge < -0.3 is 10.6 Å². The number of hydrogen-bond acceptors (Lipinski definition) is 2. The Balaban J connectivity index is 2.11. The largest absolute Gasteiger partial charge is 0.399 e. The monoisotopic (exact) mass is 316 g/mol. The summed E-state index contributed by atoms with van der Waals surface area (Å²) >= 11 is 0. The van der Waals surface area contributed by atoms with Gasteiger partial charge in [-0.15, -0.1) is 0 Å². The lowest BCUT2D eigenvalue weighted by atomic mass is 9.79. The fourth-order valence-electron chi connectivity index (χ4n) is 4.12. The highest BCUT2D eigenvalue weighted by Gasteiger charge is 2.36. The molecule has 130 valence electrons. The molecule has 1 unspecified atom stereocenters. The maximum Gasteiger partial charge on any atom is 0.0410 e. The molecule has 0 aromatic heterocycles. The van der Waals surface area contributed by atoms with Crippen LogP contribution in [-0.4, -0.2) is 12.1 Å². The van der Waals surface area contributed by atoms with E-state index in [2.05, 4.69) is 51.7 Å². The average Bonchev–Trinajstić information content (AvgIpc) is 2.47. The number of aryl methyl sites for hydroxylation is 1. The average molecular weight is 317 g/mol. The van der Waals surface area contributed by atoms with E-state index in [0.717, 1.165) is 5.69 Å². The summed E-state index contributed by atoms with van der Waals surface area (Å²) in [5.74, 6) is 0.587. The van der Waals surface area contributed by atoms with Crippen LogP contribution in [0.25, 0.3) is 0 Å². The maximum atomic E-state index is 6.17. The first-order valence-corrected chi connectivity index (χ1v) is 9.54. The van der Waals surface area contributed by atoms with Gasteiger partial charge in [-0.1, -0.05) is 46.0 Å². The van der Waals surface area contributed by atoms with Gasteiger partial charge in [0.1, 0.15) is 0 Å². The van der Waals surface area contributed by atoms with Crippen LogP contribution in [0.3, 0.4) is 0 Å². The lowest BCUT2D eigenvalue weighted by molar-refractivity contribution is 0.372. The first-order chi connectivity index (χ1) is 10.9. The number of nitrogens with two attached hydrogens (primary N) is 1. The van der Waals surface area contributed by atoms with Crippen LogP contribution in [0, 0.1) is 6.92 Å². The second-order valence-corrected chi connectivity index (χ2v) is 8.10. The summed E-state index contributed by atoms with van der Waals surface area (Å²) in [6.07, 6.45) is 9.34. The third kappa shape index (κ3) is 4.22. The maximum absolute atomic E-state index is 6.17. The number of anilines is 2. The summed E-state index contributed by atoms with van der Waals surface area (Å²) in [7, 11) is 0. The number of benzene rings is 1. The van der Waals surface area contributed by atoms with Crippen LogP contribution in [0.5, 0.6) is 0 Å². The van der Waals surface area contributed by atoms with Gasteiger partial charge in [0.2, 0.25) is 0 Å². The molecule has 2 nitrogen and oxygen atoms in total. The normalized spacial score (nSPS) is 19.7. The van der Waals surface area contributed by atoms with Crippen LogP contribution < -0.4 is 10.6 Å². The smallest absolute Gasteiger partial charge is 0.0410 e. The summed E-state index contributed by atoms with van der Waals surface area (Å²) in [4.78, 5) is 2.65. The molecule has 1 aliphatic heterocycles. The van der Waals surface area contributed by atoms with Crippen molar-refractivity contribution in [3.05, 3.63) is 23.3 Å². The minimum atomic E-state index is 0.235. The van der Waals surface area contributed by atoms with E-state index in [4.69, 9.17) is 5.73 Å². The molecule has 0 spiro atoms. The Morgan fingerprint density at radius 2 is 1.78 bits per heavy atom. The second-order valence-electron chi connectivity index (χ2n) is 8.10. The molecular weight excluding hydrogens is 280 g/mol. The molecule has 0 aliphatic carbocycles. The minimum absolute atomic E-state index is 0.235. The Morgan fingerprint density at radius 1 is 1.13 bits per heavy atom. The van der Waals surface area contributed by atoms with Crippen LogP contribution in [0.1, 0.15) is 89.7 Å². The van der Waals surface area contributed by atoms with E-state index in [-0.39, 0.29) is 5.54 Å². The van der Waals surface area contributed by atoms with E-state index in [1.54, 1.807) is 0 Å². The molecular formula is C21H36N2. The van der Waals surface area contributed by atoms with Crippen molar-refractivity contribution in [2.45, 2.75) is 91.0 Å². The molecule has 0 saturated carbocycles. The van der Waals surface area contributed by atoms with Gasteiger partial charge in [0.05, 0.1) is 0 Å². The predicted molar refractivity (Wildman–Crippen MR) is 103 cm³/mol. The zero-order chi connectivity index (χ0) is 17.0. The van der Waals surface area contributed by atoms with Gasteiger partial charge in [-0.2, -0.15) is 0 Å². The van der Waals surface area contributed by atoms with E-state index in [0.29, 0.717) is 5.92 Å². The Labute approximate surface area is 143 Å². The number of rotatable bonds is 7. The Kier molecular flexibility index (Phi) is 6.00. The minimum Gasteiger partial charge on any atom is -0.399 e. The molecule has 1 aromatic rings. The molecule has 0 saturated heterocycles. The van der Waals surface area contributed by atoms with E-state index < -0.39 is 0 Å². The fourth-order valence-corrected chi connectivity index (χ4v) is 4.12. The number of nitrogens with zero attached hydrogens (tertiary/aromatic N) is 1. The molecule has 23 heavy (non-hydrogen) atoms. The summed E-state index contributed by atoms with van der Waals surface area (Å²) < 4.78 is 0. The van der Waals surface area contributed by atoms with E-state index in [1.165, 1.54) is 68.3 Å². The molecule has 2 N–H and O–H groups in total. The Morgan fingerprint density at radius 3 is 2.48 bits per heavy atom. The van der Waals surface area contributed by atoms with Gasteiger partial charge in [0.25, 0.3) is 0 Å². The highest BCUT2D eigenvalue weighted by molar-refractivity contribution is 5.67. The third-order valence-electron chi connectivity index (χ3n) is 5.51. The summed E-state index contributed by atoms with van der Waals surface area (Å²) in [6.45, 7) is 12.7. The summed E-state index contributed by atoms with van der Waals surface area (Å²) in [6, 6.07) is 4.54. The third-order valence-corrected chi connectivity index (χ3v) is 5.51. The number of fused-ring (bicyclic) bond motifs is 1. The van der Waals surface area contributed by atoms with Crippen molar-refractivity contribution in [2.24, 2.45) is 0 Å². The standard InChI is InChI=1S/C21H36N2/c1-6-7-8-9-10-11-12-23-20-13-16(2)19(22)14-18(20)17(3)15-21(23,4)5/h13-14,17H,6-12,15,22H2,1-5H3. The molecule has 1 aromatic carbocycles. The van der Waals surface area contributed by atoms with Gasteiger partial charge in [-0.05, 0) is 62.8 Å². The van der Waals surface area contributed by atoms with Crippen LogP contribution in [0.2, 0.25) is 0 Å². The first-order valence-electron chi connectivity index (χ1n) is 9.54. The van der Waals surface area contributed by atoms with Crippen molar-refractivity contribution in [3.8, 4) is 0 Å². The molecule has 0 radical (unpaired) electrons. The van der Waals surface area contributed by atoms with Crippen molar-refractivity contribution in [2.75, 3.05) is 17.2 Å². The van der Waals surface area contributed by atoms with E-state index >= 15 is 0 Å². The van der Waals surface area contributed by atoms with Crippen molar-refractivity contribution in [1.29, 1.82) is 0 Å². The van der Waals surface area contributed by atoms with Crippen LogP contribution >= 0.6 is 0 Å². The lowest BCUT2D eigenvalue weighted by Crippen LogP contribution is -2.48. The van der Waals surface area contributed by atoms with Gasteiger partial charge >= 0.3 is 0 Å². The molecule has 0 fully saturated rings. The zero-order valence-electron chi connectivity index (χ0n) is 15.9.